The number of aliphatic hydroxyl groups excluding tert-OH is 1. The zero-order valence-corrected chi connectivity index (χ0v) is 30.5. The summed E-state index contributed by atoms with van der Waals surface area (Å²) in [5.74, 6) is -0.661. The first-order valence-corrected chi connectivity index (χ1v) is 18.4. The van der Waals surface area contributed by atoms with Crippen molar-refractivity contribution >= 4 is 17.8 Å². The molecule has 0 unspecified atom stereocenters. The SMILES string of the molecule is CC(C)(C)OC(=O)[C@@H]1CCCN1C[C@H]1C[C@@H](c2ccc(CO)cc2)O[C@@H](c2ccc(-c3ccccc3CNC(=O)CCCCCC(=O)NO)cc2)O1. The number of esters is 1. The molecule has 0 saturated carbocycles. The first-order valence-electron chi connectivity index (χ1n) is 18.4. The third-order valence-electron chi connectivity index (χ3n) is 9.52. The van der Waals surface area contributed by atoms with Crippen LogP contribution in [0.5, 0.6) is 0 Å². The molecule has 3 aromatic carbocycles. The highest BCUT2D eigenvalue weighted by atomic mass is 16.7. The predicted molar refractivity (Wildman–Crippen MR) is 196 cm³/mol. The summed E-state index contributed by atoms with van der Waals surface area (Å²) in [6.45, 7) is 7.40. The van der Waals surface area contributed by atoms with E-state index >= 15 is 0 Å². The van der Waals surface area contributed by atoms with Gasteiger partial charge in [0.15, 0.2) is 6.29 Å². The topological polar surface area (TPSA) is 147 Å². The Kier molecular flexibility index (Phi) is 14.0. The van der Waals surface area contributed by atoms with Crippen LogP contribution in [0, 0.1) is 0 Å². The molecule has 4 atom stereocenters. The van der Waals surface area contributed by atoms with Gasteiger partial charge in [-0.05, 0) is 80.8 Å². The largest absolute Gasteiger partial charge is 0.459 e. The molecule has 2 fully saturated rings. The van der Waals surface area contributed by atoms with E-state index in [0.29, 0.717) is 38.8 Å². The van der Waals surface area contributed by atoms with Gasteiger partial charge in [0.2, 0.25) is 11.8 Å². The minimum absolute atomic E-state index is 0.0297. The van der Waals surface area contributed by atoms with Crippen LogP contribution in [-0.2, 0) is 41.7 Å². The van der Waals surface area contributed by atoms with Gasteiger partial charge in [0, 0.05) is 37.9 Å². The Morgan fingerprint density at radius 2 is 1.58 bits per heavy atom. The van der Waals surface area contributed by atoms with Crippen LogP contribution >= 0.6 is 0 Å². The Morgan fingerprint density at radius 1 is 0.885 bits per heavy atom. The zero-order valence-electron chi connectivity index (χ0n) is 30.5. The molecule has 0 spiro atoms. The van der Waals surface area contributed by atoms with Gasteiger partial charge < -0.3 is 24.6 Å². The van der Waals surface area contributed by atoms with E-state index in [1.54, 1.807) is 5.48 Å². The average molecular weight is 716 g/mol. The average Bonchev–Trinajstić information content (AvgIpc) is 3.61. The highest BCUT2D eigenvalue weighted by Crippen LogP contribution is 2.39. The summed E-state index contributed by atoms with van der Waals surface area (Å²) in [6.07, 6.45) is 3.81. The van der Waals surface area contributed by atoms with Crippen LogP contribution in [-0.4, -0.2) is 63.8 Å². The van der Waals surface area contributed by atoms with E-state index in [0.717, 1.165) is 59.2 Å². The van der Waals surface area contributed by atoms with Gasteiger partial charge in [-0.25, -0.2) is 5.48 Å². The Bertz CT molecular complexity index is 1620. The van der Waals surface area contributed by atoms with Crippen molar-refractivity contribution in [2.75, 3.05) is 13.1 Å². The van der Waals surface area contributed by atoms with Crippen molar-refractivity contribution in [2.45, 2.75) is 115 Å². The van der Waals surface area contributed by atoms with Crippen LogP contribution in [0.25, 0.3) is 11.1 Å². The minimum atomic E-state index is -0.634. The van der Waals surface area contributed by atoms with Crippen LogP contribution in [0.2, 0.25) is 0 Å². The molecule has 0 aromatic heterocycles. The van der Waals surface area contributed by atoms with Gasteiger partial charge >= 0.3 is 5.97 Å². The molecule has 11 nitrogen and oxygen atoms in total. The van der Waals surface area contributed by atoms with Crippen molar-refractivity contribution < 1.29 is 38.9 Å². The summed E-state index contributed by atoms with van der Waals surface area (Å²) in [4.78, 5) is 39.0. The van der Waals surface area contributed by atoms with E-state index < -0.39 is 17.8 Å². The molecule has 0 aliphatic carbocycles. The van der Waals surface area contributed by atoms with E-state index in [1.807, 2.05) is 93.6 Å². The highest BCUT2D eigenvalue weighted by molar-refractivity contribution is 5.77. The number of hydrogen-bond donors (Lipinski definition) is 4. The van der Waals surface area contributed by atoms with Crippen LogP contribution in [0.15, 0.2) is 72.8 Å². The van der Waals surface area contributed by atoms with Gasteiger partial charge in [-0.1, -0.05) is 79.2 Å². The predicted octanol–water partition coefficient (Wildman–Crippen LogP) is 6.27. The third-order valence-corrected chi connectivity index (χ3v) is 9.52. The number of nitrogens with one attached hydrogen (secondary N) is 2. The number of rotatable bonds is 15. The molecule has 2 amide bonds. The van der Waals surface area contributed by atoms with Crippen molar-refractivity contribution in [3.05, 3.63) is 95.1 Å². The number of likely N-dealkylation sites (tertiary alicyclic amines) is 1. The number of hydroxylamine groups is 1. The second-order valence-electron chi connectivity index (χ2n) is 14.7. The maximum atomic E-state index is 13.1. The zero-order chi connectivity index (χ0) is 37.1. The van der Waals surface area contributed by atoms with Gasteiger partial charge in [0.25, 0.3) is 0 Å². The van der Waals surface area contributed by atoms with E-state index in [-0.39, 0.29) is 43.2 Å². The standard InChI is InChI=1S/C41H53N3O8/c1-41(2,3)52-39(48)35-12-9-23-44(35)26-33-24-36(30-17-15-28(27-45)16-18-30)51-40(50-33)31-21-19-29(20-22-31)34-11-8-7-10-32(34)25-42-37(46)13-5-4-6-14-38(47)43-49/h7-8,10-11,15-22,33,35-36,40,45,49H,4-6,9,12-14,23-27H2,1-3H3,(H,42,46)(H,43,47)/t33-,35+,36+,40+/m1/s1. The fraction of sp³-hybridized carbons (Fsp3) is 0.488. The molecule has 5 rings (SSSR count). The number of aliphatic hydroxyl groups is 1. The van der Waals surface area contributed by atoms with Gasteiger partial charge in [-0.2, -0.15) is 0 Å². The normalized spacial score (nSPS) is 20.7. The molecule has 2 aliphatic rings. The van der Waals surface area contributed by atoms with Gasteiger partial charge in [0.05, 0.1) is 18.8 Å². The van der Waals surface area contributed by atoms with Crippen LogP contribution in [0.3, 0.4) is 0 Å². The Balaban J connectivity index is 1.26. The number of unbranched alkanes of at least 4 members (excludes halogenated alkanes) is 2. The van der Waals surface area contributed by atoms with Crippen LogP contribution < -0.4 is 10.8 Å². The molecule has 11 heteroatoms. The van der Waals surface area contributed by atoms with E-state index in [9.17, 15) is 19.5 Å². The Labute approximate surface area is 306 Å². The second kappa shape index (κ2) is 18.6. The molecule has 280 valence electrons. The van der Waals surface area contributed by atoms with Crippen molar-refractivity contribution in [2.24, 2.45) is 0 Å². The van der Waals surface area contributed by atoms with Crippen molar-refractivity contribution in [3.63, 3.8) is 0 Å². The maximum absolute atomic E-state index is 13.1. The lowest BCUT2D eigenvalue weighted by molar-refractivity contribution is -0.253. The highest BCUT2D eigenvalue weighted by Gasteiger charge is 2.39. The number of nitrogens with zero attached hydrogens (tertiary/aromatic N) is 1. The lowest BCUT2D eigenvalue weighted by Gasteiger charge is -2.38. The maximum Gasteiger partial charge on any atom is 0.323 e. The molecule has 2 saturated heterocycles. The fourth-order valence-corrected chi connectivity index (χ4v) is 6.84. The first kappa shape index (κ1) is 39.1. The molecule has 0 radical (unpaired) electrons. The van der Waals surface area contributed by atoms with E-state index in [1.165, 1.54) is 0 Å². The molecule has 2 heterocycles. The lowest BCUT2D eigenvalue weighted by atomic mass is 9.97. The van der Waals surface area contributed by atoms with Crippen LogP contribution in [0.4, 0.5) is 0 Å². The third kappa shape index (κ3) is 11.2. The number of carbonyl (C=O) groups excluding carboxylic acids is 3. The van der Waals surface area contributed by atoms with E-state index in [4.69, 9.17) is 19.4 Å². The summed E-state index contributed by atoms with van der Waals surface area (Å²) < 4.78 is 19.0. The van der Waals surface area contributed by atoms with Crippen molar-refractivity contribution in [1.29, 1.82) is 0 Å². The Hall–Kier alpha value is -4.13. The fourth-order valence-electron chi connectivity index (χ4n) is 6.84. The molecular formula is C41H53N3O8. The molecule has 0 bridgehead atoms. The number of benzene rings is 3. The lowest BCUT2D eigenvalue weighted by Crippen LogP contribution is -2.45. The summed E-state index contributed by atoms with van der Waals surface area (Å²) in [6, 6.07) is 23.6. The van der Waals surface area contributed by atoms with Crippen LogP contribution in [0.1, 0.15) is 107 Å². The monoisotopic (exact) mass is 715 g/mol. The number of ether oxygens (including phenoxy) is 3. The number of hydrogen-bond acceptors (Lipinski definition) is 9. The minimum Gasteiger partial charge on any atom is -0.459 e. The van der Waals surface area contributed by atoms with E-state index in [2.05, 4.69) is 10.2 Å². The first-order chi connectivity index (χ1) is 25.0. The molecule has 2 aliphatic heterocycles. The number of carbonyl (C=O) groups is 3. The molecule has 3 aromatic rings. The van der Waals surface area contributed by atoms with Gasteiger partial charge in [-0.15, -0.1) is 0 Å². The summed E-state index contributed by atoms with van der Waals surface area (Å²) in [5, 5.41) is 21.2. The molecule has 52 heavy (non-hydrogen) atoms. The van der Waals surface area contributed by atoms with Crippen molar-refractivity contribution in [1.82, 2.24) is 15.7 Å². The second-order valence-corrected chi connectivity index (χ2v) is 14.7. The smallest absolute Gasteiger partial charge is 0.323 e. The summed E-state index contributed by atoms with van der Waals surface area (Å²) in [7, 11) is 0. The van der Waals surface area contributed by atoms with Gasteiger partial charge in [-0.3, -0.25) is 24.5 Å². The van der Waals surface area contributed by atoms with Gasteiger partial charge in [0.1, 0.15) is 11.6 Å². The molecular weight excluding hydrogens is 662 g/mol. The quantitative estimate of drug-likeness (QED) is 0.0619. The number of amides is 2. The molecule has 4 N–H and O–H groups in total. The Morgan fingerprint density at radius 3 is 2.27 bits per heavy atom. The summed E-state index contributed by atoms with van der Waals surface area (Å²) >= 11 is 0. The summed E-state index contributed by atoms with van der Waals surface area (Å²) in [5.41, 5.74) is 6.78. The van der Waals surface area contributed by atoms with Crippen molar-refractivity contribution in [3.8, 4) is 11.1 Å².